The molecule has 0 aromatic rings. The van der Waals surface area contributed by atoms with E-state index in [-0.39, 0.29) is 5.54 Å². The van der Waals surface area contributed by atoms with E-state index >= 15 is 0 Å². The van der Waals surface area contributed by atoms with Crippen LogP contribution >= 0.6 is 0 Å². The Hall–Kier alpha value is -0.120. The summed E-state index contributed by atoms with van der Waals surface area (Å²) >= 11 is 0. The van der Waals surface area contributed by atoms with Gasteiger partial charge in [0.1, 0.15) is 0 Å². The van der Waals surface area contributed by atoms with Crippen molar-refractivity contribution in [1.29, 1.82) is 0 Å². The molecule has 1 saturated carbocycles. The molecule has 0 spiro atoms. The van der Waals surface area contributed by atoms with Crippen LogP contribution in [0.4, 0.5) is 0 Å². The van der Waals surface area contributed by atoms with Crippen molar-refractivity contribution in [2.24, 2.45) is 11.7 Å². The highest BCUT2D eigenvalue weighted by molar-refractivity contribution is 4.95. The predicted molar refractivity (Wildman–Crippen MR) is 63.9 cm³/mol. The van der Waals surface area contributed by atoms with Gasteiger partial charge in [0.05, 0.1) is 12.1 Å². The van der Waals surface area contributed by atoms with E-state index in [0.29, 0.717) is 25.1 Å². The molecule has 3 heteroatoms. The summed E-state index contributed by atoms with van der Waals surface area (Å²) in [5.74, 6) is 0.503. The van der Waals surface area contributed by atoms with Crippen molar-refractivity contribution in [3.05, 3.63) is 0 Å². The van der Waals surface area contributed by atoms with Crippen molar-refractivity contribution in [2.75, 3.05) is 20.3 Å². The second kappa shape index (κ2) is 5.83. The Balaban J connectivity index is 2.60. The fraction of sp³-hybridized carbons (Fsp3) is 1.00. The standard InChI is InChI=1S/C12H26N2O/c1-10(2)12(8-13,9-15-3)14-11-6-4-5-7-11/h10-11,14H,4-9,13H2,1-3H3. The molecule has 0 radical (unpaired) electrons. The fourth-order valence-electron chi connectivity index (χ4n) is 2.46. The number of methoxy groups -OCH3 is 1. The van der Waals surface area contributed by atoms with E-state index in [1.807, 2.05) is 0 Å². The Kier molecular flexibility index (Phi) is 5.03. The Labute approximate surface area is 93.8 Å². The first-order valence-corrected chi connectivity index (χ1v) is 6.11. The summed E-state index contributed by atoms with van der Waals surface area (Å²) in [5.41, 5.74) is 5.89. The molecule has 1 rings (SSSR count). The molecular formula is C12H26N2O. The molecule has 0 aromatic carbocycles. The molecule has 0 aliphatic heterocycles. The number of hydrogen-bond donors (Lipinski definition) is 2. The summed E-state index contributed by atoms with van der Waals surface area (Å²) in [4.78, 5) is 0. The van der Waals surface area contributed by atoms with Crippen LogP contribution in [0.1, 0.15) is 39.5 Å². The first-order chi connectivity index (χ1) is 7.14. The van der Waals surface area contributed by atoms with Gasteiger partial charge in [0.25, 0.3) is 0 Å². The lowest BCUT2D eigenvalue weighted by molar-refractivity contribution is 0.0744. The van der Waals surface area contributed by atoms with Crippen LogP contribution in [0.3, 0.4) is 0 Å². The maximum absolute atomic E-state index is 5.93. The SMILES string of the molecule is COCC(CN)(NC1CCCC1)C(C)C. The maximum Gasteiger partial charge on any atom is 0.0659 e. The molecule has 3 nitrogen and oxygen atoms in total. The summed E-state index contributed by atoms with van der Waals surface area (Å²) in [7, 11) is 1.75. The van der Waals surface area contributed by atoms with Gasteiger partial charge in [0, 0.05) is 19.7 Å². The third-order valence-corrected chi connectivity index (χ3v) is 3.72. The molecule has 1 aliphatic carbocycles. The number of nitrogens with two attached hydrogens (primary N) is 1. The van der Waals surface area contributed by atoms with Gasteiger partial charge in [-0.2, -0.15) is 0 Å². The zero-order valence-corrected chi connectivity index (χ0v) is 10.4. The van der Waals surface area contributed by atoms with E-state index in [0.717, 1.165) is 0 Å². The predicted octanol–water partition coefficient (Wildman–Crippen LogP) is 1.52. The number of rotatable bonds is 6. The largest absolute Gasteiger partial charge is 0.383 e. The number of ether oxygens (including phenoxy) is 1. The van der Waals surface area contributed by atoms with Gasteiger partial charge in [-0.1, -0.05) is 26.7 Å². The Morgan fingerprint density at radius 2 is 2.00 bits per heavy atom. The van der Waals surface area contributed by atoms with Crippen LogP contribution in [0.15, 0.2) is 0 Å². The molecule has 0 saturated heterocycles. The van der Waals surface area contributed by atoms with Gasteiger partial charge < -0.3 is 15.8 Å². The molecular weight excluding hydrogens is 188 g/mol. The monoisotopic (exact) mass is 214 g/mol. The van der Waals surface area contributed by atoms with Crippen molar-refractivity contribution in [3.63, 3.8) is 0 Å². The molecule has 0 amide bonds. The third kappa shape index (κ3) is 3.16. The number of nitrogens with one attached hydrogen (secondary N) is 1. The lowest BCUT2D eigenvalue weighted by Crippen LogP contribution is -2.60. The normalized spacial score (nSPS) is 22.2. The van der Waals surface area contributed by atoms with Crippen LogP contribution in [0.5, 0.6) is 0 Å². The average Bonchev–Trinajstić information content (AvgIpc) is 2.69. The molecule has 1 aliphatic rings. The van der Waals surface area contributed by atoms with Gasteiger partial charge in [-0.3, -0.25) is 0 Å². The summed E-state index contributed by atoms with van der Waals surface area (Å²) < 4.78 is 5.33. The first-order valence-electron chi connectivity index (χ1n) is 6.11. The molecule has 90 valence electrons. The van der Waals surface area contributed by atoms with E-state index in [1.165, 1.54) is 25.7 Å². The topological polar surface area (TPSA) is 47.3 Å². The average molecular weight is 214 g/mol. The minimum absolute atomic E-state index is 0.0379. The van der Waals surface area contributed by atoms with Crippen LogP contribution in [0.2, 0.25) is 0 Å². The molecule has 0 heterocycles. The summed E-state index contributed by atoms with van der Waals surface area (Å²) in [6, 6.07) is 0.645. The minimum atomic E-state index is -0.0379. The smallest absolute Gasteiger partial charge is 0.0659 e. The summed E-state index contributed by atoms with van der Waals surface area (Å²) in [6.45, 7) is 5.79. The van der Waals surface area contributed by atoms with Crippen LogP contribution in [0, 0.1) is 5.92 Å². The molecule has 1 unspecified atom stereocenters. The third-order valence-electron chi connectivity index (χ3n) is 3.72. The van der Waals surface area contributed by atoms with E-state index in [2.05, 4.69) is 19.2 Å². The van der Waals surface area contributed by atoms with Crippen molar-refractivity contribution in [1.82, 2.24) is 5.32 Å². The molecule has 0 aromatic heterocycles. The summed E-state index contributed by atoms with van der Waals surface area (Å²) in [5, 5.41) is 3.73. The lowest BCUT2D eigenvalue weighted by Gasteiger charge is -2.39. The highest BCUT2D eigenvalue weighted by Crippen LogP contribution is 2.24. The highest BCUT2D eigenvalue weighted by atomic mass is 16.5. The maximum atomic E-state index is 5.93. The van der Waals surface area contributed by atoms with E-state index in [1.54, 1.807) is 7.11 Å². The van der Waals surface area contributed by atoms with Gasteiger partial charge in [-0.05, 0) is 18.8 Å². The molecule has 3 N–H and O–H groups in total. The molecule has 1 atom stereocenters. The van der Waals surface area contributed by atoms with Gasteiger partial charge in [-0.15, -0.1) is 0 Å². The van der Waals surface area contributed by atoms with Crippen LogP contribution in [-0.4, -0.2) is 31.8 Å². The van der Waals surface area contributed by atoms with Crippen LogP contribution in [-0.2, 0) is 4.74 Å². The van der Waals surface area contributed by atoms with Crippen molar-refractivity contribution in [2.45, 2.75) is 51.1 Å². The Morgan fingerprint density at radius 3 is 2.40 bits per heavy atom. The fourth-order valence-corrected chi connectivity index (χ4v) is 2.46. The van der Waals surface area contributed by atoms with Crippen molar-refractivity contribution >= 4 is 0 Å². The zero-order valence-electron chi connectivity index (χ0n) is 10.4. The van der Waals surface area contributed by atoms with E-state index in [9.17, 15) is 0 Å². The number of hydrogen-bond acceptors (Lipinski definition) is 3. The second-order valence-corrected chi connectivity index (χ2v) is 5.07. The minimum Gasteiger partial charge on any atom is -0.383 e. The molecule has 0 bridgehead atoms. The summed E-state index contributed by atoms with van der Waals surface area (Å²) in [6.07, 6.45) is 5.28. The van der Waals surface area contributed by atoms with Crippen molar-refractivity contribution < 1.29 is 4.74 Å². The van der Waals surface area contributed by atoms with Gasteiger partial charge in [0.15, 0.2) is 0 Å². The zero-order chi connectivity index (χ0) is 11.3. The lowest BCUT2D eigenvalue weighted by atomic mass is 9.86. The van der Waals surface area contributed by atoms with Crippen LogP contribution in [0.25, 0.3) is 0 Å². The Bertz CT molecular complexity index is 178. The molecule has 1 fully saturated rings. The Morgan fingerprint density at radius 1 is 1.40 bits per heavy atom. The van der Waals surface area contributed by atoms with Gasteiger partial charge in [-0.25, -0.2) is 0 Å². The molecule has 15 heavy (non-hydrogen) atoms. The second-order valence-electron chi connectivity index (χ2n) is 5.07. The van der Waals surface area contributed by atoms with Crippen molar-refractivity contribution in [3.8, 4) is 0 Å². The first kappa shape index (κ1) is 12.9. The van der Waals surface area contributed by atoms with Crippen LogP contribution < -0.4 is 11.1 Å². The van der Waals surface area contributed by atoms with E-state index in [4.69, 9.17) is 10.5 Å². The van der Waals surface area contributed by atoms with E-state index < -0.39 is 0 Å². The highest BCUT2D eigenvalue weighted by Gasteiger charge is 2.35. The van der Waals surface area contributed by atoms with Gasteiger partial charge in [0.2, 0.25) is 0 Å². The quantitative estimate of drug-likeness (QED) is 0.705. The van der Waals surface area contributed by atoms with Gasteiger partial charge >= 0.3 is 0 Å².